The zero-order chi connectivity index (χ0) is 12.8. The second-order valence-corrected chi connectivity index (χ2v) is 3.87. The lowest BCUT2D eigenvalue weighted by Crippen LogP contribution is -2.31. The Morgan fingerprint density at radius 3 is 2.65 bits per heavy atom. The van der Waals surface area contributed by atoms with Crippen LogP contribution in [0.1, 0.15) is 13.8 Å². The summed E-state index contributed by atoms with van der Waals surface area (Å²) < 4.78 is 30.5. The molecule has 0 spiro atoms. The predicted molar refractivity (Wildman–Crippen MR) is 59.7 cm³/mol. The molecule has 0 aliphatic heterocycles. The third-order valence-electron chi connectivity index (χ3n) is 2.09. The van der Waals surface area contributed by atoms with Gasteiger partial charge in [0.05, 0.1) is 6.54 Å². The van der Waals surface area contributed by atoms with Gasteiger partial charge in [0.25, 0.3) is 0 Å². The van der Waals surface area contributed by atoms with Gasteiger partial charge in [-0.25, -0.2) is 8.78 Å². The minimum Gasteiger partial charge on any atom is -0.492 e. The first kappa shape index (κ1) is 13.4. The van der Waals surface area contributed by atoms with Crippen LogP contribution in [0, 0.1) is 17.6 Å². The number of carbonyl (C=O) groups is 1. The van der Waals surface area contributed by atoms with Crippen LogP contribution in [0.4, 0.5) is 8.78 Å². The van der Waals surface area contributed by atoms with Crippen LogP contribution in [-0.4, -0.2) is 19.1 Å². The minimum absolute atomic E-state index is 0.0705. The largest absolute Gasteiger partial charge is 0.492 e. The molecular weight excluding hydrogens is 228 g/mol. The van der Waals surface area contributed by atoms with Crippen molar-refractivity contribution in [2.45, 2.75) is 13.8 Å². The summed E-state index contributed by atoms with van der Waals surface area (Å²) in [5.41, 5.74) is 0. The fraction of sp³-hybridized carbons (Fsp3) is 0.417. The Morgan fingerprint density at radius 2 is 2.06 bits per heavy atom. The lowest BCUT2D eigenvalue weighted by Gasteiger charge is -2.09. The molecule has 0 fully saturated rings. The van der Waals surface area contributed by atoms with Crippen LogP contribution in [0.3, 0.4) is 0 Å². The molecule has 1 rings (SSSR count). The van der Waals surface area contributed by atoms with Gasteiger partial charge in [-0.15, -0.1) is 0 Å². The van der Waals surface area contributed by atoms with Crippen molar-refractivity contribution >= 4 is 5.91 Å². The molecule has 5 heteroatoms. The Kier molecular flexibility index (Phi) is 4.87. The van der Waals surface area contributed by atoms with E-state index in [0.717, 1.165) is 12.1 Å². The Hall–Kier alpha value is -1.65. The molecule has 1 aromatic carbocycles. The zero-order valence-corrected chi connectivity index (χ0v) is 9.80. The van der Waals surface area contributed by atoms with Crippen LogP contribution in [0.15, 0.2) is 18.2 Å². The number of halogens is 2. The molecule has 0 aliphatic carbocycles. The minimum atomic E-state index is -0.950. The van der Waals surface area contributed by atoms with Crippen molar-refractivity contribution in [1.82, 2.24) is 5.32 Å². The topological polar surface area (TPSA) is 38.3 Å². The molecule has 0 bridgehead atoms. The van der Waals surface area contributed by atoms with Gasteiger partial charge in [0, 0.05) is 12.0 Å². The van der Waals surface area contributed by atoms with Crippen LogP contribution in [0.2, 0.25) is 0 Å². The molecule has 1 amide bonds. The van der Waals surface area contributed by atoms with E-state index in [-0.39, 0.29) is 24.2 Å². The van der Waals surface area contributed by atoms with E-state index >= 15 is 0 Å². The molecule has 0 atom stereocenters. The summed E-state index contributed by atoms with van der Waals surface area (Å²) in [5, 5.41) is 2.65. The fourth-order valence-corrected chi connectivity index (χ4v) is 1.11. The average Bonchev–Trinajstić information content (AvgIpc) is 2.28. The molecule has 0 aliphatic rings. The highest BCUT2D eigenvalue weighted by Crippen LogP contribution is 2.14. The number of benzene rings is 1. The molecule has 0 heterocycles. The SMILES string of the molecule is CC(C)C(=O)NCCOc1ccc(F)c(F)c1. The van der Waals surface area contributed by atoms with E-state index in [9.17, 15) is 13.6 Å². The smallest absolute Gasteiger partial charge is 0.222 e. The molecule has 94 valence electrons. The second-order valence-electron chi connectivity index (χ2n) is 3.87. The summed E-state index contributed by atoms with van der Waals surface area (Å²) in [6.45, 7) is 4.11. The average molecular weight is 243 g/mol. The van der Waals surface area contributed by atoms with Crippen LogP contribution in [0.5, 0.6) is 5.75 Å². The number of rotatable bonds is 5. The van der Waals surface area contributed by atoms with Crippen molar-refractivity contribution in [3.8, 4) is 5.75 Å². The van der Waals surface area contributed by atoms with Crippen molar-refractivity contribution < 1.29 is 18.3 Å². The standard InChI is InChI=1S/C12H15F2NO2/c1-8(2)12(16)15-5-6-17-9-3-4-10(13)11(14)7-9/h3-4,7-8H,5-6H2,1-2H3,(H,15,16). The lowest BCUT2D eigenvalue weighted by molar-refractivity contribution is -0.124. The zero-order valence-electron chi connectivity index (χ0n) is 9.80. The van der Waals surface area contributed by atoms with Crippen molar-refractivity contribution in [3.05, 3.63) is 29.8 Å². The van der Waals surface area contributed by atoms with E-state index in [4.69, 9.17) is 4.74 Å². The number of hydrogen-bond donors (Lipinski definition) is 1. The summed E-state index contributed by atoms with van der Waals surface area (Å²) in [6.07, 6.45) is 0. The Morgan fingerprint density at radius 1 is 1.35 bits per heavy atom. The van der Waals surface area contributed by atoms with E-state index in [1.165, 1.54) is 6.07 Å². The Labute approximate surface area is 98.8 Å². The molecule has 0 saturated carbocycles. The van der Waals surface area contributed by atoms with Gasteiger partial charge in [0.15, 0.2) is 11.6 Å². The Balaban J connectivity index is 2.31. The molecular formula is C12H15F2NO2. The first-order valence-electron chi connectivity index (χ1n) is 5.36. The molecule has 0 saturated heterocycles. The molecule has 1 N–H and O–H groups in total. The monoisotopic (exact) mass is 243 g/mol. The van der Waals surface area contributed by atoms with Crippen molar-refractivity contribution in [2.24, 2.45) is 5.92 Å². The predicted octanol–water partition coefficient (Wildman–Crippen LogP) is 2.12. The fourth-order valence-electron chi connectivity index (χ4n) is 1.11. The molecule has 1 aromatic rings. The summed E-state index contributed by atoms with van der Waals surface area (Å²) in [4.78, 5) is 11.2. The van der Waals surface area contributed by atoms with E-state index in [1.54, 1.807) is 13.8 Å². The van der Waals surface area contributed by atoms with E-state index < -0.39 is 11.6 Å². The van der Waals surface area contributed by atoms with Gasteiger partial charge >= 0.3 is 0 Å². The normalized spacial score (nSPS) is 10.4. The third-order valence-corrected chi connectivity index (χ3v) is 2.09. The van der Waals surface area contributed by atoms with Crippen LogP contribution >= 0.6 is 0 Å². The van der Waals surface area contributed by atoms with Gasteiger partial charge in [-0.3, -0.25) is 4.79 Å². The Bertz CT molecular complexity index is 394. The maximum absolute atomic E-state index is 12.8. The summed E-state index contributed by atoms with van der Waals surface area (Å²) >= 11 is 0. The first-order chi connectivity index (χ1) is 8.00. The number of ether oxygens (including phenoxy) is 1. The summed E-state index contributed by atoms with van der Waals surface area (Å²) in [6, 6.07) is 3.31. The van der Waals surface area contributed by atoms with Gasteiger partial charge < -0.3 is 10.1 Å². The molecule has 17 heavy (non-hydrogen) atoms. The molecule has 0 radical (unpaired) electrons. The van der Waals surface area contributed by atoms with E-state index in [0.29, 0.717) is 6.54 Å². The van der Waals surface area contributed by atoms with Gasteiger partial charge in [-0.05, 0) is 12.1 Å². The highest BCUT2D eigenvalue weighted by atomic mass is 19.2. The van der Waals surface area contributed by atoms with Crippen molar-refractivity contribution in [1.29, 1.82) is 0 Å². The maximum atomic E-state index is 12.8. The second kappa shape index (κ2) is 6.18. The summed E-state index contributed by atoms with van der Waals surface area (Å²) in [7, 11) is 0. The maximum Gasteiger partial charge on any atom is 0.222 e. The molecule has 0 unspecified atom stereocenters. The van der Waals surface area contributed by atoms with E-state index in [2.05, 4.69) is 5.32 Å². The number of carbonyl (C=O) groups excluding carboxylic acids is 1. The quantitative estimate of drug-likeness (QED) is 0.804. The van der Waals surface area contributed by atoms with Gasteiger partial charge in [-0.1, -0.05) is 13.8 Å². The number of hydrogen-bond acceptors (Lipinski definition) is 2. The van der Waals surface area contributed by atoms with Gasteiger partial charge in [-0.2, -0.15) is 0 Å². The van der Waals surface area contributed by atoms with Crippen LogP contribution in [-0.2, 0) is 4.79 Å². The van der Waals surface area contributed by atoms with Crippen molar-refractivity contribution in [2.75, 3.05) is 13.2 Å². The lowest BCUT2D eigenvalue weighted by atomic mass is 10.2. The first-order valence-corrected chi connectivity index (χ1v) is 5.36. The number of amides is 1. The van der Waals surface area contributed by atoms with E-state index in [1.807, 2.05) is 0 Å². The molecule has 0 aromatic heterocycles. The van der Waals surface area contributed by atoms with Crippen molar-refractivity contribution in [3.63, 3.8) is 0 Å². The third kappa shape index (κ3) is 4.38. The van der Waals surface area contributed by atoms with Crippen LogP contribution in [0.25, 0.3) is 0 Å². The van der Waals surface area contributed by atoms with Gasteiger partial charge in [0.2, 0.25) is 5.91 Å². The highest BCUT2D eigenvalue weighted by molar-refractivity contribution is 5.77. The highest BCUT2D eigenvalue weighted by Gasteiger charge is 2.06. The number of nitrogens with one attached hydrogen (secondary N) is 1. The van der Waals surface area contributed by atoms with Crippen LogP contribution < -0.4 is 10.1 Å². The van der Waals surface area contributed by atoms with Gasteiger partial charge in [0.1, 0.15) is 12.4 Å². The summed E-state index contributed by atoms with van der Waals surface area (Å²) in [5.74, 6) is -1.78. The molecule has 3 nitrogen and oxygen atoms in total.